The highest BCUT2D eigenvalue weighted by molar-refractivity contribution is 5.83. The maximum Gasteiger partial charge on any atom is 0.192 e. The van der Waals surface area contributed by atoms with Crippen LogP contribution < -0.4 is 10.2 Å². The van der Waals surface area contributed by atoms with E-state index < -0.39 is 0 Å². The number of aromatic amines is 1. The van der Waals surface area contributed by atoms with E-state index in [4.69, 9.17) is 4.74 Å². The lowest BCUT2D eigenvalue weighted by Crippen LogP contribution is -2.09. The lowest BCUT2D eigenvalue weighted by atomic mass is 10.1. The van der Waals surface area contributed by atoms with Gasteiger partial charge in [-0.15, -0.1) is 0 Å². The molecule has 0 saturated carbocycles. The van der Waals surface area contributed by atoms with Crippen molar-refractivity contribution in [1.82, 2.24) is 4.98 Å². The second kappa shape index (κ2) is 4.00. The van der Waals surface area contributed by atoms with Gasteiger partial charge in [0.05, 0.1) is 12.6 Å². The van der Waals surface area contributed by atoms with Gasteiger partial charge in [-0.05, 0) is 31.0 Å². The van der Waals surface area contributed by atoms with Crippen LogP contribution in [0.15, 0.2) is 23.1 Å². The minimum absolute atomic E-state index is 0.0956. The molecule has 0 atom stereocenters. The highest BCUT2D eigenvalue weighted by Gasteiger charge is 2.07. The van der Waals surface area contributed by atoms with Gasteiger partial charge in [-0.3, -0.25) is 4.79 Å². The largest absolute Gasteiger partial charge is 0.497 e. The van der Waals surface area contributed by atoms with Gasteiger partial charge in [0.15, 0.2) is 5.43 Å². The molecule has 0 amide bonds. The summed E-state index contributed by atoms with van der Waals surface area (Å²) < 4.78 is 5.18. The van der Waals surface area contributed by atoms with Crippen LogP contribution in [0.3, 0.4) is 0 Å². The molecule has 0 unspecified atom stereocenters. The lowest BCUT2D eigenvalue weighted by Gasteiger charge is -2.07. The van der Waals surface area contributed by atoms with Crippen molar-refractivity contribution in [3.8, 4) is 5.75 Å². The number of rotatable bonds is 2. The molecule has 84 valence electrons. The number of nitrogens with one attached hydrogen (secondary N) is 1. The highest BCUT2D eigenvalue weighted by Crippen LogP contribution is 2.21. The number of methoxy groups -OCH3 is 1. The van der Waals surface area contributed by atoms with Gasteiger partial charge in [-0.25, -0.2) is 0 Å². The number of fused-ring (bicyclic) bond motifs is 1. The second-order valence-electron chi connectivity index (χ2n) is 3.86. The van der Waals surface area contributed by atoms with E-state index in [1.165, 1.54) is 0 Å². The Morgan fingerprint density at radius 1 is 1.38 bits per heavy atom. The molecular weight excluding hydrogens is 202 g/mol. The molecule has 16 heavy (non-hydrogen) atoms. The molecule has 0 aliphatic heterocycles. The van der Waals surface area contributed by atoms with E-state index in [9.17, 15) is 4.79 Å². The first-order valence-electron chi connectivity index (χ1n) is 5.36. The summed E-state index contributed by atoms with van der Waals surface area (Å²) >= 11 is 0. The van der Waals surface area contributed by atoms with E-state index in [2.05, 4.69) is 4.98 Å². The first-order chi connectivity index (χ1) is 7.67. The topological polar surface area (TPSA) is 42.1 Å². The predicted molar refractivity (Wildman–Crippen MR) is 65.2 cm³/mol. The zero-order valence-corrected chi connectivity index (χ0v) is 9.76. The number of ether oxygens (including phenoxy) is 1. The van der Waals surface area contributed by atoms with Crippen LogP contribution in [0.5, 0.6) is 5.75 Å². The van der Waals surface area contributed by atoms with E-state index in [0.717, 1.165) is 28.8 Å². The van der Waals surface area contributed by atoms with Crippen molar-refractivity contribution in [2.45, 2.75) is 20.3 Å². The smallest absolute Gasteiger partial charge is 0.192 e. The normalized spacial score (nSPS) is 10.7. The van der Waals surface area contributed by atoms with Crippen molar-refractivity contribution in [1.29, 1.82) is 0 Å². The quantitative estimate of drug-likeness (QED) is 0.839. The van der Waals surface area contributed by atoms with Crippen LogP contribution in [0.1, 0.15) is 18.1 Å². The summed E-state index contributed by atoms with van der Waals surface area (Å²) in [5.41, 5.74) is 2.82. The second-order valence-corrected chi connectivity index (χ2v) is 3.86. The Morgan fingerprint density at radius 3 is 2.75 bits per heavy atom. The molecule has 0 fully saturated rings. The molecule has 0 aliphatic carbocycles. The summed E-state index contributed by atoms with van der Waals surface area (Å²) in [6.07, 6.45) is 2.53. The molecule has 0 aliphatic rings. The Hall–Kier alpha value is -1.77. The zero-order valence-electron chi connectivity index (χ0n) is 9.76. The van der Waals surface area contributed by atoms with Gasteiger partial charge in [0.2, 0.25) is 0 Å². The van der Waals surface area contributed by atoms with Gasteiger partial charge < -0.3 is 9.72 Å². The first-order valence-corrected chi connectivity index (χ1v) is 5.36. The fraction of sp³-hybridized carbons (Fsp3) is 0.308. The molecule has 3 heteroatoms. The summed E-state index contributed by atoms with van der Waals surface area (Å²) in [4.78, 5) is 15.3. The molecule has 0 saturated heterocycles. The van der Waals surface area contributed by atoms with Gasteiger partial charge in [-0.1, -0.05) is 6.92 Å². The van der Waals surface area contributed by atoms with Crippen molar-refractivity contribution in [3.63, 3.8) is 0 Å². The minimum Gasteiger partial charge on any atom is -0.497 e. The van der Waals surface area contributed by atoms with Gasteiger partial charge in [-0.2, -0.15) is 0 Å². The summed E-state index contributed by atoms with van der Waals surface area (Å²) in [7, 11) is 1.61. The number of benzene rings is 1. The SMILES string of the molecule is CCc1c[nH]c2c(C)cc(OC)cc2c1=O. The number of hydrogen-bond acceptors (Lipinski definition) is 2. The number of aromatic nitrogens is 1. The standard InChI is InChI=1S/C13H15NO2/c1-4-9-7-14-12-8(2)5-10(16-3)6-11(12)13(9)15/h5-7H,4H2,1-3H3,(H,14,15). The van der Waals surface area contributed by atoms with Gasteiger partial charge >= 0.3 is 0 Å². The molecule has 0 spiro atoms. The fourth-order valence-electron chi connectivity index (χ4n) is 1.90. The number of aryl methyl sites for hydroxylation is 2. The van der Waals surface area contributed by atoms with Crippen LogP contribution in [0.4, 0.5) is 0 Å². The molecule has 0 radical (unpaired) electrons. The average molecular weight is 217 g/mol. The van der Waals surface area contributed by atoms with E-state index in [1.807, 2.05) is 19.9 Å². The number of pyridine rings is 1. The van der Waals surface area contributed by atoms with Crippen molar-refractivity contribution < 1.29 is 4.74 Å². The Labute approximate surface area is 94.1 Å². The molecule has 2 rings (SSSR count). The summed E-state index contributed by atoms with van der Waals surface area (Å²) in [5.74, 6) is 0.726. The highest BCUT2D eigenvalue weighted by atomic mass is 16.5. The Kier molecular flexibility index (Phi) is 2.69. The Bertz CT molecular complexity index is 584. The van der Waals surface area contributed by atoms with E-state index in [0.29, 0.717) is 5.39 Å². The van der Waals surface area contributed by atoms with Crippen molar-refractivity contribution >= 4 is 10.9 Å². The summed E-state index contributed by atoms with van der Waals surface area (Å²) in [5, 5.41) is 0.705. The van der Waals surface area contributed by atoms with Crippen LogP contribution in [0, 0.1) is 6.92 Å². The van der Waals surface area contributed by atoms with Crippen LogP contribution in [-0.2, 0) is 6.42 Å². The molecule has 3 nitrogen and oxygen atoms in total. The van der Waals surface area contributed by atoms with Crippen LogP contribution in [0.25, 0.3) is 10.9 Å². The van der Waals surface area contributed by atoms with E-state index in [1.54, 1.807) is 19.4 Å². The van der Waals surface area contributed by atoms with E-state index in [-0.39, 0.29) is 5.43 Å². The van der Waals surface area contributed by atoms with E-state index >= 15 is 0 Å². The Balaban J connectivity index is 2.86. The third-order valence-corrected chi connectivity index (χ3v) is 2.85. The third-order valence-electron chi connectivity index (χ3n) is 2.85. The summed E-state index contributed by atoms with van der Waals surface area (Å²) in [6, 6.07) is 3.71. The number of hydrogen-bond donors (Lipinski definition) is 1. The van der Waals surface area contributed by atoms with Crippen LogP contribution in [0.2, 0.25) is 0 Å². The molecule has 1 aromatic carbocycles. The number of H-pyrrole nitrogens is 1. The summed E-state index contributed by atoms with van der Waals surface area (Å²) in [6.45, 7) is 3.94. The van der Waals surface area contributed by atoms with Crippen LogP contribution >= 0.6 is 0 Å². The molecule has 1 heterocycles. The lowest BCUT2D eigenvalue weighted by molar-refractivity contribution is 0.415. The maximum atomic E-state index is 12.1. The first kappa shape index (κ1) is 10.7. The molecule has 0 bridgehead atoms. The predicted octanol–water partition coefficient (Wildman–Crippen LogP) is 2.41. The zero-order chi connectivity index (χ0) is 11.7. The molecular formula is C13H15NO2. The van der Waals surface area contributed by atoms with Gasteiger partial charge in [0.1, 0.15) is 5.75 Å². The molecule has 1 N–H and O–H groups in total. The van der Waals surface area contributed by atoms with Crippen LogP contribution in [-0.4, -0.2) is 12.1 Å². The molecule has 2 aromatic rings. The third kappa shape index (κ3) is 1.58. The Morgan fingerprint density at radius 2 is 2.12 bits per heavy atom. The minimum atomic E-state index is 0.0956. The van der Waals surface area contributed by atoms with Crippen molar-refractivity contribution in [3.05, 3.63) is 39.7 Å². The van der Waals surface area contributed by atoms with Crippen molar-refractivity contribution in [2.24, 2.45) is 0 Å². The molecule has 1 aromatic heterocycles. The maximum absolute atomic E-state index is 12.1. The van der Waals surface area contributed by atoms with Gasteiger partial charge in [0, 0.05) is 17.1 Å². The monoisotopic (exact) mass is 217 g/mol. The van der Waals surface area contributed by atoms with Gasteiger partial charge in [0.25, 0.3) is 0 Å². The van der Waals surface area contributed by atoms with Crippen molar-refractivity contribution in [2.75, 3.05) is 7.11 Å². The fourth-order valence-corrected chi connectivity index (χ4v) is 1.90. The average Bonchev–Trinajstić information content (AvgIpc) is 2.30.